The average Bonchev–Trinajstić information content (AvgIpc) is 2.45. The van der Waals surface area contributed by atoms with Crippen molar-refractivity contribution in [3.8, 4) is 5.88 Å². The average molecular weight is 279 g/mol. The zero-order valence-electron chi connectivity index (χ0n) is 12.5. The summed E-state index contributed by atoms with van der Waals surface area (Å²) in [6.45, 7) is 9.95. The maximum absolute atomic E-state index is 5.62. The van der Waals surface area contributed by atoms with E-state index in [2.05, 4.69) is 19.8 Å². The van der Waals surface area contributed by atoms with Crippen LogP contribution >= 0.6 is 0 Å². The lowest BCUT2D eigenvalue weighted by atomic mass is 10.3. The molecule has 6 nitrogen and oxygen atoms in total. The summed E-state index contributed by atoms with van der Waals surface area (Å²) in [5.74, 6) is 1.60. The first-order valence-electron chi connectivity index (χ1n) is 7.35. The van der Waals surface area contributed by atoms with Crippen LogP contribution in [0.4, 0.5) is 5.82 Å². The predicted octanol–water partition coefficient (Wildman–Crippen LogP) is 0.735. The van der Waals surface area contributed by atoms with Gasteiger partial charge in [-0.1, -0.05) is 0 Å². The van der Waals surface area contributed by atoms with Gasteiger partial charge in [0.15, 0.2) is 0 Å². The van der Waals surface area contributed by atoms with E-state index in [-0.39, 0.29) is 6.10 Å². The highest BCUT2D eigenvalue weighted by Gasteiger charge is 2.18. The maximum atomic E-state index is 5.62. The molecule has 2 N–H and O–H groups in total. The number of nitrogens with zero attached hydrogens (tertiary/aromatic N) is 4. The third-order valence-electron chi connectivity index (χ3n) is 3.36. The fraction of sp³-hybridized carbons (Fsp3) is 0.714. The Morgan fingerprint density at radius 3 is 2.65 bits per heavy atom. The van der Waals surface area contributed by atoms with Crippen molar-refractivity contribution in [2.75, 3.05) is 44.2 Å². The molecule has 0 amide bonds. The van der Waals surface area contributed by atoms with Gasteiger partial charge in [0.1, 0.15) is 12.1 Å². The summed E-state index contributed by atoms with van der Waals surface area (Å²) < 4.78 is 5.62. The van der Waals surface area contributed by atoms with Gasteiger partial charge in [-0.05, 0) is 33.4 Å². The molecular weight excluding hydrogens is 254 g/mol. The Bertz CT molecular complexity index is 404. The van der Waals surface area contributed by atoms with Gasteiger partial charge in [-0.25, -0.2) is 9.97 Å². The first-order valence-corrected chi connectivity index (χ1v) is 7.35. The molecule has 0 bridgehead atoms. The molecule has 2 heterocycles. The van der Waals surface area contributed by atoms with Crippen LogP contribution in [0.5, 0.6) is 5.88 Å². The van der Waals surface area contributed by atoms with Crippen molar-refractivity contribution in [2.45, 2.75) is 26.4 Å². The Hall–Kier alpha value is -1.40. The first-order chi connectivity index (χ1) is 9.69. The number of hydrogen-bond donors (Lipinski definition) is 1. The molecule has 0 unspecified atom stereocenters. The molecular formula is C14H25N5O. The maximum Gasteiger partial charge on any atom is 0.218 e. The molecule has 0 saturated carbocycles. The zero-order chi connectivity index (χ0) is 14.4. The fourth-order valence-corrected chi connectivity index (χ4v) is 2.32. The molecule has 6 heteroatoms. The monoisotopic (exact) mass is 279 g/mol. The Balaban J connectivity index is 1.89. The Morgan fingerprint density at radius 2 is 2.00 bits per heavy atom. The van der Waals surface area contributed by atoms with Crippen molar-refractivity contribution in [3.05, 3.63) is 12.4 Å². The molecule has 0 atom stereocenters. The SMILES string of the molecule is CC(C)Oc1cc(N2CCN(CCCN)CC2)ncn1. The van der Waals surface area contributed by atoms with Gasteiger partial charge in [0.05, 0.1) is 6.10 Å². The van der Waals surface area contributed by atoms with E-state index in [1.54, 1.807) is 6.33 Å². The number of hydrogen-bond acceptors (Lipinski definition) is 6. The molecule has 1 aliphatic heterocycles. The van der Waals surface area contributed by atoms with Crippen LogP contribution in [0.2, 0.25) is 0 Å². The summed E-state index contributed by atoms with van der Waals surface area (Å²) in [4.78, 5) is 13.2. The zero-order valence-corrected chi connectivity index (χ0v) is 12.5. The third-order valence-corrected chi connectivity index (χ3v) is 3.36. The van der Waals surface area contributed by atoms with Crippen LogP contribution in [-0.2, 0) is 0 Å². The van der Waals surface area contributed by atoms with Crippen molar-refractivity contribution in [1.29, 1.82) is 0 Å². The molecule has 1 aromatic heterocycles. The van der Waals surface area contributed by atoms with Gasteiger partial charge in [0, 0.05) is 32.2 Å². The van der Waals surface area contributed by atoms with Crippen LogP contribution in [0, 0.1) is 0 Å². The minimum Gasteiger partial charge on any atom is -0.475 e. The Morgan fingerprint density at radius 1 is 1.25 bits per heavy atom. The first kappa shape index (κ1) is 15.0. The van der Waals surface area contributed by atoms with E-state index in [0.29, 0.717) is 5.88 Å². The van der Waals surface area contributed by atoms with Gasteiger partial charge < -0.3 is 15.4 Å². The van der Waals surface area contributed by atoms with E-state index < -0.39 is 0 Å². The number of anilines is 1. The van der Waals surface area contributed by atoms with E-state index in [9.17, 15) is 0 Å². The molecule has 112 valence electrons. The van der Waals surface area contributed by atoms with Crippen molar-refractivity contribution in [3.63, 3.8) is 0 Å². The van der Waals surface area contributed by atoms with Crippen LogP contribution < -0.4 is 15.4 Å². The molecule has 1 aromatic rings. The van der Waals surface area contributed by atoms with Gasteiger partial charge in [-0.2, -0.15) is 0 Å². The molecule has 1 aliphatic rings. The van der Waals surface area contributed by atoms with E-state index in [0.717, 1.165) is 51.5 Å². The highest BCUT2D eigenvalue weighted by Crippen LogP contribution is 2.18. The number of ether oxygens (including phenoxy) is 1. The molecule has 0 aliphatic carbocycles. The summed E-state index contributed by atoms with van der Waals surface area (Å²) in [7, 11) is 0. The van der Waals surface area contributed by atoms with Crippen LogP contribution in [0.25, 0.3) is 0 Å². The fourth-order valence-electron chi connectivity index (χ4n) is 2.32. The van der Waals surface area contributed by atoms with Crippen molar-refractivity contribution in [1.82, 2.24) is 14.9 Å². The molecule has 0 aromatic carbocycles. The topological polar surface area (TPSA) is 67.5 Å². The predicted molar refractivity (Wildman–Crippen MR) is 80.1 cm³/mol. The lowest BCUT2D eigenvalue weighted by Gasteiger charge is -2.35. The van der Waals surface area contributed by atoms with Crippen LogP contribution in [-0.4, -0.2) is 60.2 Å². The van der Waals surface area contributed by atoms with Crippen LogP contribution in [0.15, 0.2) is 12.4 Å². The second kappa shape index (κ2) is 7.40. The standard InChI is InChI=1S/C14H25N5O/c1-12(2)20-14-10-13(16-11-17-14)19-8-6-18(7-9-19)5-3-4-15/h10-12H,3-9,15H2,1-2H3. The molecule has 20 heavy (non-hydrogen) atoms. The van der Waals surface area contributed by atoms with E-state index in [1.807, 2.05) is 19.9 Å². The van der Waals surface area contributed by atoms with E-state index in [1.165, 1.54) is 0 Å². The number of nitrogens with two attached hydrogens (primary N) is 1. The molecule has 1 fully saturated rings. The quantitative estimate of drug-likeness (QED) is 0.828. The smallest absolute Gasteiger partial charge is 0.218 e. The summed E-state index contributed by atoms with van der Waals surface area (Å²) >= 11 is 0. The van der Waals surface area contributed by atoms with Crippen molar-refractivity contribution >= 4 is 5.82 Å². The Labute approximate surface area is 120 Å². The number of piperazine rings is 1. The molecule has 2 rings (SSSR count). The van der Waals surface area contributed by atoms with Crippen LogP contribution in [0.3, 0.4) is 0 Å². The van der Waals surface area contributed by atoms with Crippen LogP contribution in [0.1, 0.15) is 20.3 Å². The largest absolute Gasteiger partial charge is 0.475 e. The van der Waals surface area contributed by atoms with Gasteiger partial charge in [-0.15, -0.1) is 0 Å². The Kier molecular flexibility index (Phi) is 5.55. The van der Waals surface area contributed by atoms with E-state index >= 15 is 0 Å². The molecule has 1 saturated heterocycles. The van der Waals surface area contributed by atoms with Crippen molar-refractivity contribution in [2.24, 2.45) is 5.73 Å². The second-order valence-corrected chi connectivity index (χ2v) is 5.35. The summed E-state index contributed by atoms with van der Waals surface area (Å²) in [5, 5.41) is 0. The van der Waals surface area contributed by atoms with Gasteiger partial charge >= 0.3 is 0 Å². The third kappa shape index (κ3) is 4.31. The summed E-state index contributed by atoms with van der Waals surface area (Å²) in [6.07, 6.45) is 2.78. The lowest BCUT2D eigenvalue weighted by molar-refractivity contribution is 0.231. The van der Waals surface area contributed by atoms with Gasteiger partial charge in [0.25, 0.3) is 0 Å². The summed E-state index contributed by atoms with van der Waals surface area (Å²) in [6, 6.07) is 1.93. The van der Waals surface area contributed by atoms with Crippen molar-refractivity contribution < 1.29 is 4.74 Å². The highest BCUT2D eigenvalue weighted by molar-refractivity contribution is 5.41. The lowest BCUT2D eigenvalue weighted by Crippen LogP contribution is -2.47. The van der Waals surface area contributed by atoms with E-state index in [4.69, 9.17) is 10.5 Å². The minimum atomic E-state index is 0.130. The van der Waals surface area contributed by atoms with Gasteiger partial charge in [-0.3, -0.25) is 4.90 Å². The van der Waals surface area contributed by atoms with Gasteiger partial charge in [0.2, 0.25) is 5.88 Å². The molecule has 0 spiro atoms. The minimum absolute atomic E-state index is 0.130. The number of rotatable bonds is 6. The second-order valence-electron chi connectivity index (χ2n) is 5.35. The summed E-state index contributed by atoms with van der Waals surface area (Å²) in [5.41, 5.74) is 5.55. The number of aromatic nitrogens is 2. The molecule has 0 radical (unpaired) electrons. The highest BCUT2D eigenvalue weighted by atomic mass is 16.5. The normalized spacial score (nSPS) is 16.7.